The van der Waals surface area contributed by atoms with Gasteiger partial charge in [0.2, 0.25) is 5.91 Å². The molecule has 156 valence electrons. The van der Waals surface area contributed by atoms with Gasteiger partial charge in [-0.1, -0.05) is 0 Å². The zero-order valence-corrected chi connectivity index (χ0v) is 16.4. The standard InChI is InChI=1S/C19H25F2N3O3.ClH/c20-14-5-6-17(15(21)9-14)27-12-18(25)24-8-2-3-13(11-24)10-23-19(26)16-4-1-7-22-16;/h5-6,9,13,16,22H,1-4,7-8,10-12H2,(H,23,26);1H. The second-order valence-electron chi connectivity index (χ2n) is 7.11. The zero-order chi connectivity index (χ0) is 19.2. The molecule has 2 N–H and O–H groups in total. The Hall–Kier alpha value is -1.93. The van der Waals surface area contributed by atoms with Gasteiger partial charge in [-0.05, 0) is 50.3 Å². The minimum Gasteiger partial charge on any atom is -0.481 e. The van der Waals surface area contributed by atoms with Gasteiger partial charge in [-0.3, -0.25) is 9.59 Å². The second kappa shape index (κ2) is 10.6. The molecule has 3 rings (SSSR count). The molecule has 0 saturated carbocycles. The average Bonchev–Trinajstić information content (AvgIpc) is 3.20. The molecule has 0 radical (unpaired) electrons. The first kappa shape index (κ1) is 22.4. The maximum atomic E-state index is 13.6. The predicted octanol–water partition coefficient (Wildman–Crippen LogP) is 1.87. The second-order valence-corrected chi connectivity index (χ2v) is 7.11. The quantitative estimate of drug-likeness (QED) is 0.741. The number of hydrogen-bond donors (Lipinski definition) is 2. The third-order valence-corrected chi connectivity index (χ3v) is 5.06. The van der Waals surface area contributed by atoms with Crippen molar-refractivity contribution in [3.8, 4) is 5.75 Å². The number of nitrogens with zero attached hydrogens (tertiary/aromatic N) is 1. The van der Waals surface area contributed by atoms with Crippen molar-refractivity contribution in [1.82, 2.24) is 15.5 Å². The summed E-state index contributed by atoms with van der Waals surface area (Å²) in [7, 11) is 0. The fraction of sp³-hybridized carbons (Fsp3) is 0.579. The minimum absolute atomic E-state index is 0. The highest BCUT2D eigenvalue weighted by Crippen LogP contribution is 2.19. The Bertz CT molecular complexity index is 686. The normalized spacial score (nSPS) is 21.7. The first-order valence-corrected chi connectivity index (χ1v) is 9.39. The van der Waals surface area contributed by atoms with Gasteiger partial charge in [0, 0.05) is 25.7 Å². The number of nitrogens with one attached hydrogen (secondary N) is 2. The van der Waals surface area contributed by atoms with Crippen LogP contribution in [-0.4, -0.2) is 55.5 Å². The molecule has 0 spiro atoms. The number of likely N-dealkylation sites (tertiary alicyclic amines) is 1. The molecular weight excluding hydrogens is 392 g/mol. The molecule has 0 bridgehead atoms. The summed E-state index contributed by atoms with van der Waals surface area (Å²) in [5, 5.41) is 6.13. The van der Waals surface area contributed by atoms with E-state index in [4.69, 9.17) is 4.74 Å². The van der Waals surface area contributed by atoms with Crippen LogP contribution in [0.2, 0.25) is 0 Å². The van der Waals surface area contributed by atoms with E-state index >= 15 is 0 Å². The molecular formula is C19H26ClF2N3O3. The van der Waals surface area contributed by atoms with Gasteiger partial charge in [0.15, 0.2) is 18.2 Å². The molecule has 1 aromatic rings. The van der Waals surface area contributed by atoms with Crippen molar-refractivity contribution in [3.05, 3.63) is 29.8 Å². The molecule has 2 saturated heterocycles. The number of carbonyl (C=O) groups is 2. The molecule has 0 aliphatic carbocycles. The molecule has 2 heterocycles. The van der Waals surface area contributed by atoms with Crippen LogP contribution in [0, 0.1) is 17.6 Å². The van der Waals surface area contributed by atoms with Crippen molar-refractivity contribution in [2.24, 2.45) is 5.92 Å². The molecule has 2 atom stereocenters. The van der Waals surface area contributed by atoms with Crippen LogP contribution >= 0.6 is 12.4 Å². The van der Waals surface area contributed by atoms with E-state index in [1.54, 1.807) is 4.90 Å². The van der Waals surface area contributed by atoms with Crippen LogP contribution < -0.4 is 15.4 Å². The van der Waals surface area contributed by atoms with E-state index in [-0.39, 0.29) is 48.5 Å². The van der Waals surface area contributed by atoms with E-state index in [9.17, 15) is 18.4 Å². The first-order valence-electron chi connectivity index (χ1n) is 9.39. The fourth-order valence-corrected chi connectivity index (χ4v) is 3.56. The topological polar surface area (TPSA) is 70.7 Å². The van der Waals surface area contributed by atoms with Crippen molar-refractivity contribution in [3.63, 3.8) is 0 Å². The van der Waals surface area contributed by atoms with Crippen LogP contribution in [-0.2, 0) is 9.59 Å². The summed E-state index contributed by atoms with van der Waals surface area (Å²) in [6, 6.07) is 2.87. The lowest BCUT2D eigenvalue weighted by Gasteiger charge is -2.33. The third kappa shape index (κ3) is 6.04. The smallest absolute Gasteiger partial charge is 0.260 e. The van der Waals surface area contributed by atoms with Gasteiger partial charge < -0.3 is 20.3 Å². The summed E-state index contributed by atoms with van der Waals surface area (Å²) in [6.45, 7) is 2.26. The lowest BCUT2D eigenvalue weighted by molar-refractivity contribution is -0.135. The lowest BCUT2D eigenvalue weighted by atomic mass is 9.97. The maximum Gasteiger partial charge on any atom is 0.260 e. The summed E-state index contributed by atoms with van der Waals surface area (Å²) in [6.07, 6.45) is 3.66. The van der Waals surface area contributed by atoms with Crippen molar-refractivity contribution < 1.29 is 23.1 Å². The summed E-state index contributed by atoms with van der Waals surface area (Å²) in [5.74, 6) is -1.70. The van der Waals surface area contributed by atoms with Crippen molar-refractivity contribution in [1.29, 1.82) is 0 Å². The fourth-order valence-electron chi connectivity index (χ4n) is 3.56. The highest BCUT2D eigenvalue weighted by Gasteiger charge is 2.26. The highest BCUT2D eigenvalue weighted by molar-refractivity contribution is 5.85. The number of amides is 2. The third-order valence-electron chi connectivity index (χ3n) is 5.06. The Morgan fingerprint density at radius 3 is 2.79 bits per heavy atom. The monoisotopic (exact) mass is 417 g/mol. The Balaban J connectivity index is 0.00000280. The van der Waals surface area contributed by atoms with Crippen LogP contribution in [0.15, 0.2) is 18.2 Å². The van der Waals surface area contributed by atoms with E-state index in [1.165, 1.54) is 6.07 Å². The Labute approximate surface area is 169 Å². The van der Waals surface area contributed by atoms with Crippen molar-refractivity contribution in [2.75, 3.05) is 32.8 Å². The number of piperidine rings is 1. The van der Waals surface area contributed by atoms with Crippen molar-refractivity contribution >= 4 is 24.2 Å². The van der Waals surface area contributed by atoms with E-state index < -0.39 is 11.6 Å². The average molecular weight is 418 g/mol. The van der Waals surface area contributed by atoms with E-state index in [1.807, 2.05) is 0 Å². The van der Waals surface area contributed by atoms with Gasteiger partial charge in [-0.2, -0.15) is 0 Å². The maximum absolute atomic E-state index is 13.6. The number of rotatable bonds is 6. The number of carbonyl (C=O) groups excluding carboxylic acids is 2. The Kier molecular flexibility index (Phi) is 8.44. The largest absolute Gasteiger partial charge is 0.481 e. The first-order chi connectivity index (χ1) is 13.0. The molecule has 0 aromatic heterocycles. The number of halogens is 3. The van der Waals surface area contributed by atoms with Crippen LogP contribution in [0.3, 0.4) is 0 Å². The van der Waals surface area contributed by atoms with E-state index in [2.05, 4.69) is 10.6 Å². The summed E-state index contributed by atoms with van der Waals surface area (Å²) in [5.41, 5.74) is 0. The van der Waals surface area contributed by atoms with E-state index in [0.29, 0.717) is 19.6 Å². The van der Waals surface area contributed by atoms with Gasteiger partial charge in [-0.25, -0.2) is 8.78 Å². The summed E-state index contributed by atoms with van der Waals surface area (Å²) >= 11 is 0. The van der Waals surface area contributed by atoms with Crippen LogP contribution in [0.4, 0.5) is 8.78 Å². The summed E-state index contributed by atoms with van der Waals surface area (Å²) in [4.78, 5) is 26.1. The molecule has 28 heavy (non-hydrogen) atoms. The van der Waals surface area contributed by atoms with E-state index in [0.717, 1.165) is 44.4 Å². The lowest BCUT2D eigenvalue weighted by Crippen LogP contribution is -2.47. The minimum atomic E-state index is -0.831. The van der Waals surface area contributed by atoms with Gasteiger partial charge in [0.25, 0.3) is 5.91 Å². The van der Waals surface area contributed by atoms with Crippen molar-refractivity contribution in [2.45, 2.75) is 31.7 Å². The number of ether oxygens (including phenoxy) is 1. The molecule has 2 unspecified atom stereocenters. The van der Waals surface area contributed by atoms with Gasteiger partial charge in [0.1, 0.15) is 5.82 Å². The molecule has 2 fully saturated rings. The Morgan fingerprint density at radius 2 is 2.07 bits per heavy atom. The Morgan fingerprint density at radius 1 is 1.25 bits per heavy atom. The highest BCUT2D eigenvalue weighted by atomic mass is 35.5. The van der Waals surface area contributed by atoms with Gasteiger partial charge in [-0.15, -0.1) is 12.4 Å². The van der Waals surface area contributed by atoms with Crippen LogP contribution in [0.25, 0.3) is 0 Å². The summed E-state index contributed by atoms with van der Waals surface area (Å²) < 4.78 is 31.7. The molecule has 2 amide bonds. The zero-order valence-electron chi connectivity index (χ0n) is 15.6. The molecule has 2 aliphatic heterocycles. The molecule has 6 nitrogen and oxygen atoms in total. The van der Waals surface area contributed by atoms with Crippen LogP contribution in [0.1, 0.15) is 25.7 Å². The molecule has 1 aromatic carbocycles. The van der Waals surface area contributed by atoms with Gasteiger partial charge in [0.05, 0.1) is 6.04 Å². The number of benzene rings is 1. The SMILES string of the molecule is Cl.O=C(NCC1CCCN(C(=O)COc2ccc(F)cc2F)C1)C1CCCN1. The van der Waals surface area contributed by atoms with Gasteiger partial charge >= 0.3 is 0 Å². The molecule has 2 aliphatic rings. The van der Waals surface area contributed by atoms with Crippen LogP contribution in [0.5, 0.6) is 5.75 Å². The number of hydrogen-bond acceptors (Lipinski definition) is 4. The predicted molar refractivity (Wildman–Crippen MR) is 102 cm³/mol. The molecule has 9 heteroatoms.